The van der Waals surface area contributed by atoms with Gasteiger partial charge in [0.05, 0.1) is 17.1 Å². The third-order valence-electron chi connectivity index (χ3n) is 3.64. The molecule has 0 aliphatic carbocycles. The van der Waals surface area contributed by atoms with Gasteiger partial charge in [-0.1, -0.05) is 24.6 Å². The molecular weight excluding hydrogens is 338 g/mol. The van der Waals surface area contributed by atoms with E-state index in [-0.39, 0.29) is 0 Å². The summed E-state index contributed by atoms with van der Waals surface area (Å²) in [4.78, 5) is 15.1. The van der Waals surface area contributed by atoms with Crippen LogP contribution in [0.15, 0.2) is 48.5 Å². The number of rotatable bonds is 7. The number of carbonyl (C=O) groups excluding carboxylic acids is 1. The van der Waals surface area contributed by atoms with Crippen LogP contribution >= 0.6 is 11.6 Å². The van der Waals surface area contributed by atoms with Gasteiger partial charge in [-0.3, -0.25) is 0 Å². The highest BCUT2D eigenvalue weighted by Crippen LogP contribution is 2.32. The van der Waals surface area contributed by atoms with E-state index >= 15 is 0 Å². The van der Waals surface area contributed by atoms with E-state index in [4.69, 9.17) is 21.1 Å². The molecule has 0 saturated carbocycles. The Hall–Kier alpha value is -2.59. The van der Waals surface area contributed by atoms with Crippen LogP contribution in [0, 0.1) is 0 Å². The minimum Gasteiger partial charge on any atom is -0.494 e. The van der Waals surface area contributed by atoms with Gasteiger partial charge in [-0.05, 0) is 42.3 Å². The van der Waals surface area contributed by atoms with Crippen LogP contribution in [0.2, 0.25) is 5.02 Å². The van der Waals surface area contributed by atoms with Gasteiger partial charge in [0.25, 0.3) is 0 Å². The zero-order valence-electron chi connectivity index (χ0n) is 13.9. The standard InChI is InChI=1S/C20H18ClNO3/c1-2-11-24-16-5-7-19(17(21)13-16)25-20-8-4-15-12-14(9-10-23)3-6-18(15)22-20/h3-8,10,12-13H,2,9,11H2,1H3. The lowest BCUT2D eigenvalue weighted by Gasteiger charge is -2.10. The number of nitrogens with zero attached hydrogens (tertiary/aromatic N) is 1. The van der Waals surface area contributed by atoms with Gasteiger partial charge in [-0.25, -0.2) is 4.98 Å². The van der Waals surface area contributed by atoms with Crippen molar-refractivity contribution in [2.24, 2.45) is 0 Å². The van der Waals surface area contributed by atoms with Gasteiger partial charge < -0.3 is 14.3 Å². The third-order valence-corrected chi connectivity index (χ3v) is 3.93. The average molecular weight is 356 g/mol. The van der Waals surface area contributed by atoms with Crippen LogP contribution in [0.4, 0.5) is 0 Å². The molecule has 1 aromatic heterocycles. The lowest BCUT2D eigenvalue weighted by Crippen LogP contribution is -1.95. The monoisotopic (exact) mass is 355 g/mol. The number of ether oxygens (including phenoxy) is 2. The lowest BCUT2D eigenvalue weighted by molar-refractivity contribution is -0.107. The summed E-state index contributed by atoms with van der Waals surface area (Å²) >= 11 is 6.27. The van der Waals surface area contributed by atoms with E-state index in [0.29, 0.717) is 35.4 Å². The van der Waals surface area contributed by atoms with Gasteiger partial charge in [-0.2, -0.15) is 0 Å². The largest absolute Gasteiger partial charge is 0.494 e. The van der Waals surface area contributed by atoms with Crippen molar-refractivity contribution < 1.29 is 14.3 Å². The molecule has 4 nitrogen and oxygen atoms in total. The maximum atomic E-state index is 10.6. The van der Waals surface area contributed by atoms with Gasteiger partial charge in [0.15, 0.2) is 0 Å². The van der Waals surface area contributed by atoms with Crippen molar-refractivity contribution in [1.29, 1.82) is 0 Å². The SMILES string of the molecule is CCCOc1ccc(Oc2ccc3cc(CC=O)ccc3n2)c(Cl)c1. The predicted molar refractivity (Wildman–Crippen MR) is 98.8 cm³/mol. The fourth-order valence-corrected chi connectivity index (χ4v) is 2.63. The number of hydrogen-bond donors (Lipinski definition) is 0. The number of aldehydes is 1. The van der Waals surface area contributed by atoms with Crippen LogP contribution in [0.1, 0.15) is 18.9 Å². The first kappa shape index (κ1) is 17.2. The van der Waals surface area contributed by atoms with E-state index in [1.54, 1.807) is 18.2 Å². The topological polar surface area (TPSA) is 48.4 Å². The fraction of sp³-hybridized carbons (Fsp3) is 0.200. The van der Waals surface area contributed by atoms with E-state index in [0.717, 1.165) is 29.2 Å². The Morgan fingerprint density at radius 3 is 2.76 bits per heavy atom. The van der Waals surface area contributed by atoms with E-state index in [9.17, 15) is 4.79 Å². The molecule has 3 rings (SSSR count). The number of pyridine rings is 1. The summed E-state index contributed by atoms with van der Waals surface area (Å²) in [5, 5.41) is 1.43. The molecule has 0 spiro atoms. The Labute approximate surface area is 151 Å². The molecule has 0 radical (unpaired) electrons. The van der Waals surface area contributed by atoms with Crippen LogP contribution in [0.25, 0.3) is 10.9 Å². The zero-order chi connectivity index (χ0) is 17.6. The Kier molecular flexibility index (Phi) is 5.51. The predicted octanol–water partition coefficient (Wildman–Crippen LogP) is 5.21. The molecule has 0 bridgehead atoms. The highest BCUT2D eigenvalue weighted by molar-refractivity contribution is 6.32. The molecule has 0 atom stereocenters. The summed E-state index contributed by atoms with van der Waals surface area (Å²) in [6.45, 7) is 2.70. The lowest BCUT2D eigenvalue weighted by atomic mass is 10.1. The first-order valence-corrected chi connectivity index (χ1v) is 8.51. The molecule has 5 heteroatoms. The second-order valence-electron chi connectivity index (χ2n) is 5.59. The molecule has 1 heterocycles. The van der Waals surface area contributed by atoms with E-state index in [2.05, 4.69) is 4.98 Å². The molecule has 0 saturated heterocycles. The van der Waals surface area contributed by atoms with E-state index in [1.165, 1.54) is 0 Å². The molecule has 0 N–H and O–H groups in total. The normalized spacial score (nSPS) is 10.6. The molecule has 0 aliphatic heterocycles. The summed E-state index contributed by atoms with van der Waals surface area (Å²) in [6.07, 6.45) is 2.23. The van der Waals surface area contributed by atoms with Crippen molar-refractivity contribution in [3.8, 4) is 17.4 Å². The summed E-state index contributed by atoms with van der Waals surface area (Å²) < 4.78 is 11.3. The summed E-state index contributed by atoms with van der Waals surface area (Å²) in [6, 6.07) is 14.7. The van der Waals surface area contributed by atoms with Crippen molar-refractivity contribution in [3.05, 3.63) is 59.1 Å². The Balaban J connectivity index is 1.80. The van der Waals surface area contributed by atoms with Crippen LogP contribution < -0.4 is 9.47 Å². The van der Waals surface area contributed by atoms with Crippen molar-refractivity contribution in [3.63, 3.8) is 0 Å². The Morgan fingerprint density at radius 1 is 1.12 bits per heavy atom. The molecular formula is C20H18ClNO3. The van der Waals surface area contributed by atoms with Crippen LogP contribution in [0.3, 0.4) is 0 Å². The minimum atomic E-state index is 0.399. The van der Waals surface area contributed by atoms with Crippen LogP contribution in [-0.4, -0.2) is 17.9 Å². The number of hydrogen-bond acceptors (Lipinski definition) is 4. The molecule has 128 valence electrons. The van der Waals surface area contributed by atoms with Crippen LogP contribution in [0.5, 0.6) is 17.4 Å². The quantitative estimate of drug-likeness (QED) is 0.546. The minimum absolute atomic E-state index is 0.399. The zero-order valence-corrected chi connectivity index (χ0v) is 14.6. The van der Waals surface area contributed by atoms with Crippen molar-refractivity contribution in [2.75, 3.05) is 6.61 Å². The smallest absolute Gasteiger partial charge is 0.219 e. The van der Waals surface area contributed by atoms with Crippen molar-refractivity contribution >= 4 is 28.8 Å². The highest BCUT2D eigenvalue weighted by Gasteiger charge is 2.07. The number of carbonyl (C=O) groups is 1. The third kappa shape index (κ3) is 4.28. The maximum Gasteiger partial charge on any atom is 0.219 e. The van der Waals surface area contributed by atoms with Gasteiger partial charge >= 0.3 is 0 Å². The molecule has 0 aliphatic rings. The van der Waals surface area contributed by atoms with E-state index in [1.807, 2.05) is 37.3 Å². The number of benzene rings is 2. The average Bonchev–Trinajstić information content (AvgIpc) is 2.62. The molecule has 0 unspecified atom stereocenters. The van der Waals surface area contributed by atoms with Crippen LogP contribution in [-0.2, 0) is 11.2 Å². The van der Waals surface area contributed by atoms with E-state index < -0.39 is 0 Å². The number of halogens is 1. The Morgan fingerprint density at radius 2 is 2.00 bits per heavy atom. The second-order valence-corrected chi connectivity index (χ2v) is 6.00. The van der Waals surface area contributed by atoms with Gasteiger partial charge in [0.2, 0.25) is 5.88 Å². The number of aromatic nitrogens is 1. The Bertz CT molecular complexity index is 895. The van der Waals surface area contributed by atoms with Gasteiger partial charge in [0.1, 0.15) is 17.8 Å². The summed E-state index contributed by atoms with van der Waals surface area (Å²) in [5.74, 6) is 1.70. The molecule has 0 fully saturated rings. The number of fused-ring (bicyclic) bond motifs is 1. The first-order valence-electron chi connectivity index (χ1n) is 8.13. The maximum absolute atomic E-state index is 10.6. The summed E-state index contributed by atoms with van der Waals surface area (Å²) in [5.41, 5.74) is 1.76. The van der Waals surface area contributed by atoms with Crippen molar-refractivity contribution in [1.82, 2.24) is 4.98 Å². The molecule has 0 amide bonds. The molecule has 2 aromatic carbocycles. The highest BCUT2D eigenvalue weighted by atomic mass is 35.5. The van der Waals surface area contributed by atoms with Gasteiger partial charge in [-0.15, -0.1) is 0 Å². The van der Waals surface area contributed by atoms with Crippen molar-refractivity contribution in [2.45, 2.75) is 19.8 Å². The summed E-state index contributed by atoms with van der Waals surface area (Å²) in [7, 11) is 0. The molecule has 25 heavy (non-hydrogen) atoms. The second kappa shape index (κ2) is 7.99. The van der Waals surface area contributed by atoms with Gasteiger partial charge in [0, 0.05) is 23.9 Å². The first-order chi connectivity index (χ1) is 12.2. The molecule has 3 aromatic rings. The fourth-order valence-electron chi connectivity index (χ4n) is 2.42.